The minimum absolute atomic E-state index is 0.0467. The minimum atomic E-state index is -2.98. The molecule has 1 aliphatic heterocycles. The first-order chi connectivity index (χ1) is 9.90. The highest BCUT2D eigenvalue weighted by Crippen LogP contribution is 2.34. The number of allylic oxidation sites excluding steroid dienone is 1. The topological polar surface area (TPSA) is 64.7 Å². The molecule has 2 atom stereocenters. The Bertz CT molecular complexity index is 623. The number of dihydropyridines is 1. The van der Waals surface area contributed by atoms with Gasteiger partial charge in [-0.2, -0.15) is 8.78 Å². The molecule has 0 radical (unpaired) electrons. The molecule has 0 fully saturated rings. The Morgan fingerprint density at radius 1 is 1.43 bits per heavy atom. The van der Waals surface area contributed by atoms with Crippen LogP contribution in [-0.4, -0.2) is 29.3 Å². The van der Waals surface area contributed by atoms with Crippen molar-refractivity contribution < 1.29 is 18.4 Å². The van der Waals surface area contributed by atoms with Gasteiger partial charge in [-0.25, -0.2) is 0 Å². The van der Waals surface area contributed by atoms with Gasteiger partial charge in [0.1, 0.15) is 5.75 Å². The van der Waals surface area contributed by atoms with E-state index < -0.39 is 23.1 Å². The van der Waals surface area contributed by atoms with Gasteiger partial charge in [-0.1, -0.05) is 23.2 Å². The van der Waals surface area contributed by atoms with Crippen molar-refractivity contribution in [2.75, 3.05) is 0 Å². The second-order valence-electron chi connectivity index (χ2n) is 4.04. The van der Waals surface area contributed by atoms with Crippen molar-refractivity contribution in [2.24, 2.45) is 4.99 Å². The number of alkyl halides is 3. The molecular weight excluding hydrogens is 329 g/mol. The number of hydrogen-bond donors (Lipinski definition) is 0. The monoisotopic (exact) mass is 336 g/mol. The first-order valence-electron chi connectivity index (χ1n) is 5.66. The van der Waals surface area contributed by atoms with Crippen LogP contribution in [0.25, 0.3) is 5.57 Å². The molecule has 0 bridgehead atoms. The summed E-state index contributed by atoms with van der Waals surface area (Å²) in [5.74, 6) is -0.135. The normalized spacial score (nSPS) is 21.3. The van der Waals surface area contributed by atoms with Gasteiger partial charge < -0.3 is 4.74 Å². The fourth-order valence-electron chi connectivity index (χ4n) is 1.90. The highest BCUT2D eigenvalue weighted by atomic mass is 35.5. The van der Waals surface area contributed by atoms with Crippen LogP contribution >= 0.6 is 23.2 Å². The summed E-state index contributed by atoms with van der Waals surface area (Å²) in [5.41, 5.74) is -0.492. The third kappa shape index (κ3) is 3.48. The van der Waals surface area contributed by atoms with Gasteiger partial charge in [0.05, 0.1) is 5.02 Å². The molecule has 9 heteroatoms. The summed E-state index contributed by atoms with van der Waals surface area (Å²) >= 11 is 11.8. The molecule has 2 rings (SSSR count). The van der Waals surface area contributed by atoms with E-state index in [-0.39, 0.29) is 16.3 Å². The minimum Gasteiger partial charge on any atom is -0.435 e. The summed E-state index contributed by atoms with van der Waals surface area (Å²) in [4.78, 5) is 14.3. The van der Waals surface area contributed by atoms with Crippen LogP contribution in [0.3, 0.4) is 0 Å². The third-order valence-electron chi connectivity index (χ3n) is 2.77. The van der Waals surface area contributed by atoms with Crippen molar-refractivity contribution in [3.8, 4) is 5.75 Å². The van der Waals surface area contributed by atoms with Crippen LogP contribution in [0, 0.1) is 10.1 Å². The van der Waals surface area contributed by atoms with Crippen LogP contribution in [0.15, 0.2) is 29.3 Å². The molecule has 2 unspecified atom stereocenters. The van der Waals surface area contributed by atoms with E-state index in [0.717, 1.165) is 6.07 Å². The average molecular weight is 337 g/mol. The highest BCUT2D eigenvalue weighted by molar-refractivity contribution is 6.33. The maximum absolute atomic E-state index is 12.1. The molecule has 21 heavy (non-hydrogen) atoms. The lowest BCUT2D eigenvalue weighted by Gasteiger charge is -2.19. The number of halogens is 4. The van der Waals surface area contributed by atoms with E-state index in [1.807, 2.05) is 0 Å². The molecule has 0 N–H and O–H groups in total. The first-order valence-corrected chi connectivity index (χ1v) is 6.47. The van der Waals surface area contributed by atoms with E-state index in [1.165, 1.54) is 24.4 Å². The molecule has 0 aliphatic carbocycles. The van der Waals surface area contributed by atoms with Crippen molar-refractivity contribution in [1.82, 2.24) is 0 Å². The Labute approximate surface area is 128 Å². The van der Waals surface area contributed by atoms with Crippen molar-refractivity contribution in [3.63, 3.8) is 0 Å². The van der Waals surface area contributed by atoms with Gasteiger partial charge in [0.2, 0.25) is 0 Å². The molecule has 0 saturated carbocycles. The van der Waals surface area contributed by atoms with Gasteiger partial charge in [-0.15, -0.1) is 0 Å². The van der Waals surface area contributed by atoms with Crippen LogP contribution in [0.4, 0.5) is 8.78 Å². The summed E-state index contributed by atoms with van der Waals surface area (Å²) in [6, 6.07) is 2.51. The molecule has 0 saturated heterocycles. The lowest BCUT2D eigenvalue weighted by molar-refractivity contribution is -0.505. The number of ether oxygens (including phenoxy) is 1. The SMILES string of the molecule is O=[N+]([O-])C1C(c2ccc(OC(F)F)cc2Cl)=CC=NC1Cl. The molecule has 5 nitrogen and oxygen atoms in total. The molecule has 0 spiro atoms. The van der Waals surface area contributed by atoms with Crippen LogP contribution in [0.2, 0.25) is 5.02 Å². The molecule has 1 aromatic rings. The number of aliphatic imine (C=N–C) groups is 1. The van der Waals surface area contributed by atoms with Crippen LogP contribution in [-0.2, 0) is 0 Å². The largest absolute Gasteiger partial charge is 0.435 e. The smallest absolute Gasteiger partial charge is 0.387 e. The average Bonchev–Trinajstić information content (AvgIpc) is 2.37. The predicted octanol–water partition coefficient (Wildman–Crippen LogP) is 3.62. The summed E-state index contributed by atoms with van der Waals surface area (Å²) in [7, 11) is 0. The Hall–Kier alpha value is -1.73. The Balaban J connectivity index is 2.39. The van der Waals surface area contributed by atoms with Gasteiger partial charge >= 0.3 is 6.61 Å². The maximum Gasteiger partial charge on any atom is 0.387 e. The Morgan fingerprint density at radius 3 is 2.71 bits per heavy atom. The van der Waals surface area contributed by atoms with E-state index in [0.29, 0.717) is 5.56 Å². The van der Waals surface area contributed by atoms with Crippen LogP contribution < -0.4 is 4.74 Å². The predicted molar refractivity (Wildman–Crippen MR) is 75.0 cm³/mol. The van der Waals surface area contributed by atoms with Crippen LogP contribution in [0.5, 0.6) is 5.75 Å². The molecule has 0 amide bonds. The van der Waals surface area contributed by atoms with Crippen molar-refractivity contribution in [1.29, 1.82) is 0 Å². The zero-order chi connectivity index (χ0) is 15.6. The van der Waals surface area contributed by atoms with Gasteiger partial charge in [-0.3, -0.25) is 15.1 Å². The Morgan fingerprint density at radius 2 is 2.14 bits per heavy atom. The molecular formula is C12H8Cl2F2N2O3. The number of nitrogens with zero attached hydrogens (tertiary/aromatic N) is 2. The second kappa shape index (κ2) is 6.36. The lowest BCUT2D eigenvalue weighted by atomic mass is 9.96. The third-order valence-corrected chi connectivity index (χ3v) is 3.43. The number of benzene rings is 1. The first kappa shape index (κ1) is 15.7. The van der Waals surface area contributed by atoms with Gasteiger partial charge in [0.15, 0.2) is 5.50 Å². The number of rotatable bonds is 4. The van der Waals surface area contributed by atoms with Gasteiger partial charge in [0.25, 0.3) is 6.04 Å². The molecule has 1 aromatic carbocycles. The molecule has 112 valence electrons. The summed E-state index contributed by atoms with van der Waals surface area (Å²) in [6.45, 7) is -2.98. The zero-order valence-electron chi connectivity index (χ0n) is 10.2. The second-order valence-corrected chi connectivity index (χ2v) is 4.90. The maximum atomic E-state index is 12.1. The van der Waals surface area contributed by atoms with E-state index in [1.54, 1.807) is 0 Å². The number of nitro groups is 1. The fraction of sp³-hybridized carbons (Fsp3) is 0.250. The molecule has 0 aromatic heterocycles. The zero-order valence-corrected chi connectivity index (χ0v) is 11.8. The van der Waals surface area contributed by atoms with E-state index in [4.69, 9.17) is 23.2 Å². The summed E-state index contributed by atoms with van der Waals surface area (Å²) < 4.78 is 28.5. The Kier molecular flexibility index (Phi) is 4.74. The van der Waals surface area contributed by atoms with Crippen molar-refractivity contribution in [3.05, 3.63) is 45.0 Å². The van der Waals surface area contributed by atoms with E-state index in [9.17, 15) is 18.9 Å². The van der Waals surface area contributed by atoms with Crippen molar-refractivity contribution in [2.45, 2.75) is 18.2 Å². The summed E-state index contributed by atoms with van der Waals surface area (Å²) in [5, 5.41) is 11.2. The van der Waals surface area contributed by atoms with E-state index in [2.05, 4.69) is 9.73 Å². The van der Waals surface area contributed by atoms with Crippen LogP contribution in [0.1, 0.15) is 5.56 Å². The molecule has 1 heterocycles. The van der Waals surface area contributed by atoms with E-state index >= 15 is 0 Å². The standard InChI is InChI=1S/C12H8Cl2F2N2O3/c13-9-5-6(21-12(15)16)1-2-7(9)8-3-4-17-11(14)10(8)18(19)20/h1-5,10-12H. The fourth-order valence-corrected chi connectivity index (χ4v) is 2.48. The lowest BCUT2D eigenvalue weighted by Crippen LogP contribution is -2.32. The van der Waals surface area contributed by atoms with Gasteiger partial charge in [-0.05, 0) is 24.3 Å². The molecule has 1 aliphatic rings. The van der Waals surface area contributed by atoms with Crippen molar-refractivity contribution >= 4 is 35.0 Å². The quantitative estimate of drug-likeness (QED) is 0.365. The highest BCUT2D eigenvalue weighted by Gasteiger charge is 2.36. The summed E-state index contributed by atoms with van der Waals surface area (Å²) in [6.07, 6.45) is 2.76. The number of hydrogen-bond acceptors (Lipinski definition) is 4. The van der Waals surface area contributed by atoms with Gasteiger partial charge in [0, 0.05) is 22.3 Å².